The van der Waals surface area contributed by atoms with Gasteiger partial charge >= 0.3 is 6.18 Å². The van der Waals surface area contributed by atoms with Gasteiger partial charge in [-0.05, 0) is 31.0 Å². The minimum atomic E-state index is -4.62. The lowest BCUT2D eigenvalue weighted by Crippen LogP contribution is -2.24. The van der Waals surface area contributed by atoms with Crippen molar-refractivity contribution in [2.24, 2.45) is 0 Å². The average molecular weight is 424 g/mol. The predicted molar refractivity (Wildman–Crippen MR) is 107 cm³/mol. The molecule has 9 heteroatoms. The van der Waals surface area contributed by atoms with E-state index in [9.17, 15) is 18.0 Å². The number of fused-ring (bicyclic) bond motifs is 1. The Morgan fingerprint density at radius 3 is 2.66 bits per heavy atom. The molecular weight excluding hydrogens is 401 g/mol. The quantitative estimate of drug-likeness (QED) is 0.496. The van der Waals surface area contributed by atoms with Gasteiger partial charge in [-0.25, -0.2) is 9.50 Å². The molecule has 0 saturated carbocycles. The monoisotopic (exact) mass is 424 g/mol. The molecule has 3 aromatic rings. The number of amides is 1. The second-order valence-corrected chi connectivity index (χ2v) is 7.92. The molecule has 0 aliphatic rings. The lowest BCUT2D eigenvalue weighted by molar-refractivity contribution is -0.142. The number of carbonyl (C=O) groups excluding carboxylic acids is 1. The fourth-order valence-corrected chi connectivity index (χ4v) is 3.91. The molecule has 0 aliphatic heterocycles. The summed E-state index contributed by atoms with van der Waals surface area (Å²) in [6.45, 7) is 4.54. The van der Waals surface area contributed by atoms with Gasteiger partial charge in [0.2, 0.25) is 0 Å². The summed E-state index contributed by atoms with van der Waals surface area (Å²) in [5, 5.41) is 6.55. The fourth-order valence-electron chi connectivity index (χ4n) is 3.01. The molecule has 29 heavy (non-hydrogen) atoms. The molecular formula is C20H23F3N4OS. The minimum absolute atomic E-state index is 0.0418. The Labute approximate surface area is 171 Å². The maximum Gasteiger partial charge on any atom is 0.433 e. The number of aromatic nitrogens is 3. The molecule has 3 rings (SSSR count). The summed E-state index contributed by atoms with van der Waals surface area (Å²) in [6.07, 6.45) is 1.28. The highest BCUT2D eigenvalue weighted by molar-refractivity contribution is 7.15. The Kier molecular flexibility index (Phi) is 6.56. The van der Waals surface area contributed by atoms with Crippen LogP contribution in [0, 0.1) is 0 Å². The van der Waals surface area contributed by atoms with E-state index in [1.54, 1.807) is 6.07 Å². The maximum absolute atomic E-state index is 13.6. The van der Waals surface area contributed by atoms with Crippen LogP contribution >= 0.6 is 11.3 Å². The summed E-state index contributed by atoms with van der Waals surface area (Å²) in [4.78, 5) is 18.6. The smallest absolute Gasteiger partial charge is 0.352 e. The number of aryl methyl sites for hydroxylation is 1. The lowest BCUT2D eigenvalue weighted by Gasteiger charge is -2.11. The van der Waals surface area contributed by atoms with Gasteiger partial charge in [-0.15, -0.1) is 11.3 Å². The van der Waals surface area contributed by atoms with E-state index in [0.717, 1.165) is 49.2 Å². The van der Waals surface area contributed by atoms with Gasteiger partial charge in [-0.2, -0.15) is 18.3 Å². The minimum Gasteiger partial charge on any atom is -0.352 e. The van der Waals surface area contributed by atoms with Crippen molar-refractivity contribution in [3.8, 4) is 10.6 Å². The molecule has 3 heterocycles. The van der Waals surface area contributed by atoms with Crippen LogP contribution < -0.4 is 5.32 Å². The first-order valence-electron chi connectivity index (χ1n) is 9.68. The molecule has 0 atom stereocenters. The molecule has 0 fully saturated rings. The van der Waals surface area contributed by atoms with Crippen LogP contribution in [0.5, 0.6) is 0 Å². The van der Waals surface area contributed by atoms with Crippen LogP contribution in [0.2, 0.25) is 0 Å². The fraction of sp³-hybridized carbons (Fsp3) is 0.450. The van der Waals surface area contributed by atoms with Crippen molar-refractivity contribution < 1.29 is 18.0 Å². The number of nitrogens with one attached hydrogen (secondary N) is 1. The number of unbranched alkanes of at least 4 members (excludes halogenated alkanes) is 3. The first-order valence-corrected chi connectivity index (χ1v) is 10.5. The van der Waals surface area contributed by atoms with Gasteiger partial charge < -0.3 is 5.32 Å². The summed E-state index contributed by atoms with van der Waals surface area (Å²) in [7, 11) is 0. The van der Waals surface area contributed by atoms with E-state index in [2.05, 4.69) is 22.3 Å². The molecule has 1 amide bonds. The molecule has 5 nitrogen and oxygen atoms in total. The highest BCUT2D eigenvalue weighted by atomic mass is 32.1. The van der Waals surface area contributed by atoms with Crippen LogP contribution in [0.3, 0.4) is 0 Å². The van der Waals surface area contributed by atoms with Crippen molar-refractivity contribution in [3.05, 3.63) is 40.5 Å². The number of alkyl halides is 3. The average Bonchev–Trinajstić information content (AvgIpc) is 3.33. The van der Waals surface area contributed by atoms with Gasteiger partial charge in [0, 0.05) is 11.4 Å². The van der Waals surface area contributed by atoms with E-state index in [4.69, 9.17) is 0 Å². The molecule has 156 valence electrons. The third-order valence-corrected chi connectivity index (χ3v) is 5.84. The second-order valence-electron chi connectivity index (χ2n) is 6.75. The molecule has 0 saturated heterocycles. The van der Waals surface area contributed by atoms with E-state index >= 15 is 0 Å². The number of hydrogen-bond acceptors (Lipinski definition) is 4. The van der Waals surface area contributed by atoms with E-state index in [1.807, 2.05) is 13.0 Å². The molecule has 0 unspecified atom stereocenters. The number of rotatable bonds is 8. The molecule has 0 bridgehead atoms. The summed E-state index contributed by atoms with van der Waals surface area (Å²) >= 11 is 1.39. The van der Waals surface area contributed by atoms with Crippen LogP contribution in [0.1, 0.15) is 60.5 Å². The van der Waals surface area contributed by atoms with Crippen molar-refractivity contribution in [2.45, 2.75) is 52.1 Å². The Morgan fingerprint density at radius 1 is 1.21 bits per heavy atom. The van der Waals surface area contributed by atoms with E-state index < -0.39 is 17.8 Å². The van der Waals surface area contributed by atoms with Crippen molar-refractivity contribution in [3.63, 3.8) is 0 Å². The molecule has 0 spiro atoms. The summed E-state index contributed by atoms with van der Waals surface area (Å²) in [5.74, 6) is -0.463. The normalized spacial score (nSPS) is 11.9. The number of carbonyl (C=O) groups is 1. The van der Waals surface area contributed by atoms with Crippen molar-refractivity contribution in [2.75, 3.05) is 6.54 Å². The largest absolute Gasteiger partial charge is 0.433 e. The van der Waals surface area contributed by atoms with Gasteiger partial charge in [-0.3, -0.25) is 4.79 Å². The molecule has 3 aromatic heterocycles. The third kappa shape index (κ3) is 4.77. The van der Waals surface area contributed by atoms with Crippen LogP contribution in [0.15, 0.2) is 24.4 Å². The van der Waals surface area contributed by atoms with Crippen LogP contribution in [0.4, 0.5) is 13.2 Å². The second kappa shape index (κ2) is 8.94. The van der Waals surface area contributed by atoms with Gasteiger partial charge in [0.05, 0.1) is 16.8 Å². The number of thiophene rings is 1. The van der Waals surface area contributed by atoms with E-state index in [1.165, 1.54) is 11.3 Å². The predicted octanol–water partition coefficient (Wildman–Crippen LogP) is 5.35. The number of nitrogens with zero attached hydrogens (tertiary/aromatic N) is 3. The number of hydrogen-bond donors (Lipinski definition) is 1. The Hall–Kier alpha value is -2.42. The zero-order chi connectivity index (χ0) is 21.0. The molecule has 0 radical (unpaired) electrons. The zero-order valence-corrected chi connectivity index (χ0v) is 17.2. The molecule has 0 aliphatic carbocycles. The molecule has 0 aromatic carbocycles. The van der Waals surface area contributed by atoms with Crippen LogP contribution in [-0.4, -0.2) is 27.0 Å². The van der Waals surface area contributed by atoms with Crippen molar-refractivity contribution >= 4 is 22.9 Å². The summed E-state index contributed by atoms with van der Waals surface area (Å²) in [6, 6.07) is 4.61. The first kappa shape index (κ1) is 21.3. The van der Waals surface area contributed by atoms with Gasteiger partial charge in [0.15, 0.2) is 11.3 Å². The Balaban J connectivity index is 1.98. The third-order valence-electron chi connectivity index (χ3n) is 4.59. The van der Waals surface area contributed by atoms with Gasteiger partial charge in [0.25, 0.3) is 5.91 Å². The Bertz CT molecular complexity index is 993. The number of halogens is 3. The zero-order valence-electron chi connectivity index (χ0n) is 16.3. The first-order chi connectivity index (χ1) is 13.8. The van der Waals surface area contributed by atoms with Crippen molar-refractivity contribution in [1.82, 2.24) is 19.9 Å². The van der Waals surface area contributed by atoms with Crippen LogP contribution in [0.25, 0.3) is 16.2 Å². The van der Waals surface area contributed by atoms with Gasteiger partial charge in [0.1, 0.15) is 5.56 Å². The van der Waals surface area contributed by atoms with E-state index in [0.29, 0.717) is 15.9 Å². The van der Waals surface area contributed by atoms with E-state index in [-0.39, 0.29) is 16.9 Å². The summed E-state index contributed by atoms with van der Waals surface area (Å²) in [5.41, 5.74) is -0.814. The van der Waals surface area contributed by atoms with Crippen molar-refractivity contribution in [1.29, 1.82) is 0 Å². The topological polar surface area (TPSA) is 59.3 Å². The maximum atomic E-state index is 13.6. The standard InChI is InChI=1S/C20H23F3N4OS/c1-3-5-6-7-10-24-19(28)14-12-25-27-17(20(21,22)23)11-15(26-18(14)27)16-9-8-13(4-2)29-16/h8-9,11-12H,3-7,10H2,1-2H3,(H,24,28). The van der Waals surface area contributed by atoms with Crippen LogP contribution in [-0.2, 0) is 12.6 Å². The highest BCUT2D eigenvalue weighted by Gasteiger charge is 2.36. The Morgan fingerprint density at radius 2 is 2.00 bits per heavy atom. The SMILES string of the molecule is CCCCCCNC(=O)c1cnn2c(C(F)(F)F)cc(-c3ccc(CC)s3)nc12. The highest BCUT2D eigenvalue weighted by Crippen LogP contribution is 2.34. The summed E-state index contributed by atoms with van der Waals surface area (Å²) < 4.78 is 41.6. The lowest BCUT2D eigenvalue weighted by atomic mass is 10.2. The van der Waals surface area contributed by atoms with Gasteiger partial charge in [-0.1, -0.05) is 33.1 Å². The molecule has 1 N–H and O–H groups in total.